The van der Waals surface area contributed by atoms with Gasteiger partial charge in [-0.1, -0.05) is 26.0 Å². The number of rotatable bonds is 9. The monoisotopic (exact) mass is 320 g/mol. The molecule has 0 spiro atoms. The highest BCUT2D eigenvalue weighted by Crippen LogP contribution is 2.31. The molecular formula is C16H23Cl2FO. The summed E-state index contributed by atoms with van der Waals surface area (Å²) in [5.41, 5.74) is 0.415. The van der Waals surface area contributed by atoms with Crippen molar-refractivity contribution in [1.29, 1.82) is 0 Å². The van der Waals surface area contributed by atoms with E-state index in [1.54, 1.807) is 6.07 Å². The second-order valence-corrected chi connectivity index (χ2v) is 6.14. The molecule has 0 aliphatic heterocycles. The van der Waals surface area contributed by atoms with Crippen molar-refractivity contribution in [2.75, 3.05) is 25.0 Å². The van der Waals surface area contributed by atoms with E-state index in [9.17, 15) is 4.39 Å². The number of hydrogen-bond acceptors (Lipinski definition) is 1. The molecule has 0 bridgehead atoms. The Morgan fingerprint density at radius 1 is 1.20 bits per heavy atom. The van der Waals surface area contributed by atoms with Crippen LogP contribution < -0.4 is 0 Å². The van der Waals surface area contributed by atoms with E-state index >= 15 is 0 Å². The molecule has 0 unspecified atom stereocenters. The number of alkyl halides is 2. The summed E-state index contributed by atoms with van der Waals surface area (Å²) >= 11 is 12.2. The van der Waals surface area contributed by atoms with Crippen molar-refractivity contribution in [2.24, 2.45) is 5.92 Å². The maximum absolute atomic E-state index is 13.4. The molecule has 0 aliphatic rings. The molecule has 0 atom stereocenters. The van der Waals surface area contributed by atoms with Crippen LogP contribution in [-0.4, -0.2) is 25.0 Å². The standard InChI is InChI=1S/C16H23Cl2FO/c1-13(2)6-8-20-9-7-16(11-17,12-18)14-4-3-5-15(19)10-14/h3-5,10,13H,6-9,11-12H2,1-2H3. The van der Waals surface area contributed by atoms with Crippen molar-refractivity contribution in [2.45, 2.75) is 32.1 Å². The predicted molar refractivity (Wildman–Crippen MR) is 84.4 cm³/mol. The lowest BCUT2D eigenvalue weighted by molar-refractivity contribution is 0.109. The second kappa shape index (κ2) is 8.86. The van der Waals surface area contributed by atoms with E-state index in [0.29, 0.717) is 30.7 Å². The van der Waals surface area contributed by atoms with Crippen LogP contribution >= 0.6 is 23.2 Å². The molecule has 0 radical (unpaired) electrons. The third-order valence-corrected chi connectivity index (χ3v) is 4.54. The molecule has 1 rings (SSSR count). The van der Waals surface area contributed by atoms with Crippen LogP contribution in [0.25, 0.3) is 0 Å². The Morgan fingerprint density at radius 2 is 1.90 bits per heavy atom. The summed E-state index contributed by atoms with van der Waals surface area (Å²) < 4.78 is 19.0. The first-order valence-electron chi connectivity index (χ1n) is 7.00. The first-order chi connectivity index (χ1) is 9.54. The van der Waals surface area contributed by atoms with Gasteiger partial charge in [-0.2, -0.15) is 0 Å². The molecule has 0 aliphatic carbocycles. The van der Waals surface area contributed by atoms with Crippen LogP contribution in [0.2, 0.25) is 0 Å². The molecule has 0 fully saturated rings. The maximum atomic E-state index is 13.4. The highest BCUT2D eigenvalue weighted by atomic mass is 35.5. The van der Waals surface area contributed by atoms with E-state index in [-0.39, 0.29) is 5.82 Å². The van der Waals surface area contributed by atoms with E-state index in [1.807, 2.05) is 6.07 Å². The van der Waals surface area contributed by atoms with E-state index in [2.05, 4.69) is 13.8 Å². The lowest BCUT2D eigenvalue weighted by Crippen LogP contribution is -2.32. The Morgan fingerprint density at radius 3 is 2.45 bits per heavy atom. The van der Waals surface area contributed by atoms with Gasteiger partial charge in [0.05, 0.1) is 0 Å². The van der Waals surface area contributed by atoms with Gasteiger partial charge >= 0.3 is 0 Å². The van der Waals surface area contributed by atoms with Gasteiger partial charge in [0.15, 0.2) is 0 Å². The Bertz CT molecular complexity index is 392. The quantitative estimate of drug-likeness (QED) is 0.460. The van der Waals surface area contributed by atoms with Gasteiger partial charge in [-0.15, -0.1) is 23.2 Å². The average molecular weight is 321 g/mol. The number of ether oxygens (including phenoxy) is 1. The van der Waals surface area contributed by atoms with Gasteiger partial charge in [-0.3, -0.25) is 0 Å². The lowest BCUT2D eigenvalue weighted by Gasteiger charge is -2.30. The lowest BCUT2D eigenvalue weighted by atomic mass is 9.81. The third kappa shape index (κ3) is 5.23. The molecule has 1 aromatic rings. The number of benzene rings is 1. The topological polar surface area (TPSA) is 9.23 Å². The molecule has 0 saturated carbocycles. The largest absolute Gasteiger partial charge is 0.381 e. The third-order valence-electron chi connectivity index (χ3n) is 3.51. The van der Waals surface area contributed by atoms with Crippen LogP contribution in [0, 0.1) is 11.7 Å². The van der Waals surface area contributed by atoms with Gasteiger partial charge in [-0.25, -0.2) is 4.39 Å². The van der Waals surface area contributed by atoms with Crippen LogP contribution in [0.15, 0.2) is 24.3 Å². The Kier molecular flexibility index (Phi) is 7.86. The van der Waals surface area contributed by atoms with Crippen LogP contribution in [0.4, 0.5) is 4.39 Å². The fourth-order valence-corrected chi connectivity index (χ4v) is 2.84. The summed E-state index contributed by atoms with van der Waals surface area (Å²) in [6, 6.07) is 6.51. The zero-order valence-corrected chi connectivity index (χ0v) is 13.7. The minimum Gasteiger partial charge on any atom is -0.381 e. The number of halogens is 3. The molecule has 4 heteroatoms. The normalized spacial score (nSPS) is 12.1. The minimum absolute atomic E-state index is 0.261. The van der Waals surface area contributed by atoms with E-state index in [1.165, 1.54) is 12.1 Å². The van der Waals surface area contributed by atoms with Gasteiger partial charge in [-0.05, 0) is 36.5 Å². The van der Waals surface area contributed by atoms with Crippen LogP contribution in [0.5, 0.6) is 0 Å². The maximum Gasteiger partial charge on any atom is 0.123 e. The summed E-state index contributed by atoms with van der Waals surface area (Å²) in [4.78, 5) is 0. The molecule has 0 N–H and O–H groups in total. The fraction of sp³-hybridized carbons (Fsp3) is 0.625. The van der Waals surface area contributed by atoms with Gasteiger partial charge in [0, 0.05) is 30.4 Å². The number of hydrogen-bond donors (Lipinski definition) is 0. The molecule has 0 amide bonds. The van der Waals surface area contributed by atoms with Crippen molar-refractivity contribution in [3.63, 3.8) is 0 Å². The van der Waals surface area contributed by atoms with Gasteiger partial charge in [0.25, 0.3) is 0 Å². The van der Waals surface area contributed by atoms with E-state index in [0.717, 1.165) is 18.6 Å². The second-order valence-electron chi connectivity index (χ2n) is 5.60. The molecule has 0 heterocycles. The van der Waals surface area contributed by atoms with Crippen molar-refractivity contribution < 1.29 is 9.13 Å². The summed E-state index contributed by atoms with van der Waals surface area (Å²) in [6.45, 7) is 5.65. The summed E-state index contributed by atoms with van der Waals surface area (Å²) in [6.07, 6.45) is 1.73. The summed E-state index contributed by atoms with van der Waals surface area (Å²) in [5, 5.41) is 0. The van der Waals surface area contributed by atoms with Gasteiger partial charge in [0.2, 0.25) is 0 Å². The fourth-order valence-electron chi connectivity index (χ4n) is 1.97. The van der Waals surface area contributed by atoms with Crippen molar-refractivity contribution in [1.82, 2.24) is 0 Å². The van der Waals surface area contributed by atoms with E-state index < -0.39 is 5.41 Å². The zero-order chi connectivity index (χ0) is 15.0. The molecule has 114 valence electrons. The average Bonchev–Trinajstić information content (AvgIpc) is 2.43. The first kappa shape index (κ1) is 17.7. The van der Waals surface area contributed by atoms with Gasteiger partial charge < -0.3 is 4.74 Å². The Labute approximate surface area is 131 Å². The summed E-state index contributed by atoms with van der Waals surface area (Å²) in [7, 11) is 0. The zero-order valence-electron chi connectivity index (χ0n) is 12.2. The highest BCUT2D eigenvalue weighted by Gasteiger charge is 2.30. The first-order valence-corrected chi connectivity index (χ1v) is 8.06. The minimum atomic E-state index is -0.428. The summed E-state index contributed by atoms with van der Waals surface area (Å²) in [5.74, 6) is 1.08. The predicted octanol–water partition coefficient (Wildman–Crippen LogP) is 4.99. The van der Waals surface area contributed by atoms with Crippen molar-refractivity contribution in [3.05, 3.63) is 35.6 Å². The van der Waals surface area contributed by atoms with Gasteiger partial charge in [0.1, 0.15) is 5.82 Å². The van der Waals surface area contributed by atoms with Crippen molar-refractivity contribution in [3.8, 4) is 0 Å². The smallest absolute Gasteiger partial charge is 0.123 e. The molecule has 0 aromatic heterocycles. The SMILES string of the molecule is CC(C)CCOCCC(CCl)(CCl)c1cccc(F)c1. The molecule has 1 aromatic carbocycles. The van der Waals surface area contributed by atoms with Crippen LogP contribution in [0.3, 0.4) is 0 Å². The van der Waals surface area contributed by atoms with Crippen molar-refractivity contribution >= 4 is 23.2 Å². The molecule has 0 saturated heterocycles. The molecule has 1 nitrogen and oxygen atoms in total. The molecular weight excluding hydrogens is 298 g/mol. The highest BCUT2D eigenvalue weighted by molar-refractivity contribution is 6.22. The Hall–Kier alpha value is -0.310. The van der Waals surface area contributed by atoms with Crippen LogP contribution in [-0.2, 0) is 10.2 Å². The van der Waals surface area contributed by atoms with Crippen LogP contribution in [0.1, 0.15) is 32.3 Å². The molecule has 20 heavy (non-hydrogen) atoms. The Balaban J connectivity index is 2.63. The van der Waals surface area contributed by atoms with E-state index in [4.69, 9.17) is 27.9 Å².